The number of aliphatic hydroxyl groups excluding tert-OH is 2. The Morgan fingerprint density at radius 2 is 1.36 bits per heavy atom. The fraction of sp³-hybridized carbons (Fsp3) is 0.550. The molecular weight excluding hydrogens is 512 g/mol. The smallest absolute Gasteiger partial charge is 0.0586 e. The molecule has 2 heteroatoms. The Kier molecular flexibility index (Phi) is 13.6. The van der Waals surface area contributed by atoms with Crippen LogP contribution in [0.15, 0.2) is 81.5 Å². The van der Waals surface area contributed by atoms with E-state index in [-0.39, 0.29) is 23.0 Å². The van der Waals surface area contributed by atoms with Gasteiger partial charge in [-0.3, -0.25) is 0 Å². The minimum atomic E-state index is -0.256. The van der Waals surface area contributed by atoms with Crippen molar-refractivity contribution in [3.8, 4) is 23.7 Å². The molecule has 0 amide bonds. The Bertz CT molecular complexity index is 1290. The van der Waals surface area contributed by atoms with Gasteiger partial charge in [0.15, 0.2) is 0 Å². The van der Waals surface area contributed by atoms with Crippen molar-refractivity contribution in [2.24, 2.45) is 16.7 Å². The first kappa shape index (κ1) is 35.4. The van der Waals surface area contributed by atoms with Gasteiger partial charge in [-0.1, -0.05) is 118 Å². The van der Waals surface area contributed by atoms with Crippen LogP contribution in [0.1, 0.15) is 114 Å². The van der Waals surface area contributed by atoms with Crippen molar-refractivity contribution in [1.29, 1.82) is 0 Å². The zero-order valence-electron chi connectivity index (χ0n) is 28.1. The minimum absolute atomic E-state index is 0.0568. The zero-order valence-corrected chi connectivity index (χ0v) is 28.1. The first-order valence-electron chi connectivity index (χ1n) is 15.8. The number of hydrogen-bond acceptors (Lipinski definition) is 2. The zero-order chi connectivity index (χ0) is 31.5. The highest BCUT2D eigenvalue weighted by atomic mass is 16.3. The van der Waals surface area contributed by atoms with E-state index in [1.807, 2.05) is 6.92 Å². The van der Waals surface area contributed by atoms with E-state index in [9.17, 15) is 10.2 Å². The molecule has 2 aliphatic rings. The second-order valence-corrected chi connectivity index (χ2v) is 14.1. The molecule has 42 heavy (non-hydrogen) atoms. The lowest BCUT2D eigenvalue weighted by molar-refractivity contribution is 0.116. The van der Waals surface area contributed by atoms with Crippen molar-refractivity contribution >= 4 is 0 Å². The second kappa shape index (κ2) is 16.2. The second-order valence-electron chi connectivity index (χ2n) is 14.1. The van der Waals surface area contributed by atoms with Crippen molar-refractivity contribution in [3.63, 3.8) is 0 Å². The Balaban J connectivity index is 1.82. The molecule has 1 unspecified atom stereocenters. The molecule has 0 bridgehead atoms. The molecule has 2 rings (SSSR count). The Morgan fingerprint density at radius 1 is 0.833 bits per heavy atom. The van der Waals surface area contributed by atoms with Crippen LogP contribution in [-0.2, 0) is 0 Å². The summed E-state index contributed by atoms with van der Waals surface area (Å²) in [6.45, 7) is 21.5. The van der Waals surface area contributed by atoms with E-state index in [1.54, 1.807) is 0 Å². The summed E-state index contributed by atoms with van der Waals surface area (Å²) < 4.78 is 0. The van der Waals surface area contributed by atoms with E-state index in [0.29, 0.717) is 5.92 Å². The third-order valence-corrected chi connectivity index (χ3v) is 8.40. The maximum atomic E-state index is 10.1. The maximum absolute atomic E-state index is 10.1. The summed E-state index contributed by atoms with van der Waals surface area (Å²) in [7, 11) is 0. The summed E-state index contributed by atoms with van der Waals surface area (Å²) in [5.41, 5.74) is 8.05. The summed E-state index contributed by atoms with van der Waals surface area (Å²) >= 11 is 0. The Hall–Kier alpha value is -2.78. The highest BCUT2D eigenvalue weighted by Crippen LogP contribution is 2.40. The van der Waals surface area contributed by atoms with Crippen LogP contribution < -0.4 is 0 Å². The van der Waals surface area contributed by atoms with Crippen LogP contribution in [0.5, 0.6) is 0 Å². The summed E-state index contributed by atoms with van der Waals surface area (Å²) in [4.78, 5) is 0. The van der Waals surface area contributed by atoms with Crippen LogP contribution in [0.2, 0.25) is 0 Å². The number of allylic oxidation sites excluding steroid dienone is 12. The fourth-order valence-corrected chi connectivity index (χ4v) is 6.19. The third-order valence-electron chi connectivity index (χ3n) is 8.40. The fourth-order valence-electron chi connectivity index (χ4n) is 6.19. The molecule has 0 fully saturated rings. The van der Waals surface area contributed by atoms with Gasteiger partial charge >= 0.3 is 0 Å². The van der Waals surface area contributed by atoms with Gasteiger partial charge in [0.25, 0.3) is 0 Å². The lowest BCUT2D eigenvalue weighted by Crippen LogP contribution is -2.28. The van der Waals surface area contributed by atoms with E-state index in [0.717, 1.165) is 56.1 Å². The summed E-state index contributed by atoms with van der Waals surface area (Å²) in [5, 5.41) is 20.2. The molecule has 228 valence electrons. The number of rotatable bonds is 8. The molecule has 0 aromatic carbocycles. The third kappa shape index (κ3) is 11.8. The van der Waals surface area contributed by atoms with Gasteiger partial charge in [-0.05, 0) is 96.6 Å². The summed E-state index contributed by atoms with van der Waals surface area (Å²) in [6.07, 6.45) is 20.9. The molecule has 2 nitrogen and oxygen atoms in total. The van der Waals surface area contributed by atoms with E-state index < -0.39 is 0 Å². The molecule has 0 saturated heterocycles. The van der Waals surface area contributed by atoms with Crippen LogP contribution in [-0.4, -0.2) is 22.4 Å². The standard InChI is InChI=1S/C40H56O2/c1-29(17-13-19-31(3)21-23-37-33(5)25-35(41)27-39(37,7)8)15-11-12-16-30(2)18-14-20-32(4)22-24-38-34(6)26-36(42)28-40(38,9)10/h11-13,15,17,19-20,30,35-36,41-42H,14,16,18,25-28H2,1-10H3/b12-11-,17-13+,29-15-,31-19+,32-20+/t30?,35-,36-/m1/s1. The summed E-state index contributed by atoms with van der Waals surface area (Å²) in [5.74, 6) is 14.1. The van der Waals surface area contributed by atoms with Crippen LogP contribution in [0.3, 0.4) is 0 Å². The lowest BCUT2D eigenvalue weighted by atomic mass is 9.72. The van der Waals surface area contributed by atoms with Gasteiger partial charge in [-0.2, -0.15) is 0 Å². The van der Waals surface area contributed by atoms with Crippen LogP contribution >= 0.6 is 0 Å². The average molecular weight is 569 g/mol. The maximum Gasteiger partial charge on any atom is 0.0586 e. The molecule has 0 aromatic rings. The Labute approximate surface area is 258 Å². The van der Waals surface area contributed by atoms with Gasteiger partial charge in [0.1, 0.15) is 0 Å². The van der Waals surface area contributed by atoms with Gasteiger partial charge < -0.3 is 10.2 Å². The molecule has 3 atom stereocenters. The highest BCUT2D eigenvalue weighted by Gasteiger charge is 2.33. The molecule has 0 spiro atoms. The lowest BCUT2D eigenvalue weighted by Gasteiger charge is -2.34. The predicted molar refractivity (Wildman–Crippen MR) is 182 cm³/mol. The monoisotopic (exact) mass is 568 g/mol. The molecule has 2 aliphatic carbocycles. The number of hydrogen-bond donors (Lipinski definition) is 2. The van der Waals surface area contributed by atoms with Crippen LogP contribution in [0.25, 0.3) is 0 Å². The van der Waals surface area contributed by atoms with Crippen molar-refractivity contribution in [3.05, 3.63) is 81.5 Å². The SMILES string of the molecule is CC1=C(C#C/C(C)=C/C=C/C(C)=C\C=C/CC(C)CC/C=C(\C)C#CC2=C(C)C[C@@H](O)CC2(C)C)C(C)(C)C[C@H](O)C1. The first-order valence-corrected chi connectivity index (χ1v) is 15.8. The molecule has 0 heterocycles. The normalized spacial score (nSPS) is 24.0. The molecule has 0 saturated carbocycles. The number of aliphatic hydroxyl groups is 2. The van der Waals surface area contributed by atoms with E-state index in [1.165, 1.54) is 27.9 Å². The molecule has 0 radical (unpaired) electrons. The Morgan fingerprint density at radius 3 is 1.88 bits per heavy atom. The molecule has 0 aromatic heterocycles. The molecule has 2 N–H and O–H groups in total. The quantitative estimate of drug-likeness (QED) is 0.226. The van der Waals surface area contributed by atoms with Crippen molar-refractivity contribution in [1.82, 2.24) is 0 Å². The van der Waals surface area contributed by atoms with Gasteiger partial charge in [0.2, 0.25) is 0 Å². The first-order chi connectivity index (χ1) is 19.6. The van der Waals surface area contributed by atoms with E-state index in [2.05, 4.69) is 129 Å². The minimum Gasteiger partial charge on any atom is -0.393 e. The topological polar surface area (TPSA) is 40.5 Å². The largest absolute Gasteiger partial charge is 0.393 e. The van der Waals surface area contributed by atoms with Gasteiger partial charge in [0.05, 0.1) is 12.2 Å². The summed E-state index contributed by atoms with van der Waals surface area (Å²) in [6, 6.07) is 0. The van der Waals surface area contributed by atoms with Gasteiger partial charge in [0, 0.05) is 22.0 Å². The van der Waals surface area contributed by atoms with Gasteiger partial charge in [-0.25, -0.2) is 0 Å². The van der Waals surface area contributed by atoms with Crippen LogP contribution in [0.4, 0.5) is 0 Å². The molecular formula is C40H56O2. The van der Waals surface area contributed by atoms with E-state index >= 15 is 0 Å². The van der Waals surface area contributed by atoms with Crippen molar-refractivity contribution < 1.29 is 10.2 Å². The average Bonchev–Trinajstić information content (AvgIpc) is 2.84. The van der Waals surface area contributed by atoms with Crippen molar-refractivity contribution in [2.75, 3.05) is 0 Å². The van der Waals surface area contributed by atoms with E-state index in [4.69, 9.17) is 0 Å². The molecule has 0 aliphatic heterocycles. The van der Waals surface area contributed by atoms with Crippen LogP contribution in [0, 0.1) is 40.4 Å². The van der Waals surface area contributed by atoms with Gasteiger partial charge in [-0.15, -0.1) is 0 Å². The predicted octanol–water partition coefficient (Wildman–Crippen LogP) is 9.75. The highest BCUT2D eigenvalue weighted by molar-refractivity contribution is 5.45. The van der Waals surface area contributed by atoms with Crippen molar-refractivity contribution in [2.45, 2.75) is 126 Å².